The molecule has 0 fully saturated rings. The van der Waals surface area contributed by atoms with E-state index in [0.717, 1.165) is 0 Å². The van der Waals surface area contributed by atoms with Crippen molar-refractivity contribution >= 4 is 31.0 Å². The lowest BCUT2D eigenvalue weighted by Crippen LogP contribution is -2.35. The lowest BCUT2D eigenvalue weighted by molar-refractivity contribution is 0.593. The fraction of sp³-hybridized carbons (Fsp3) is 0.500. The maximum Gasteiger partial charge on any atom is 0.177 e. The Hall–Kier alpha value is -1.28. The van der Waals surface area contributed by atoms with Crippen molar-refractivity contribution in [2.45, 2.75) is 17.4 Å². The zero-order valence-electron chi connectivity index (χ0n) is 11.4. The van der Waals surface area contributed by atoms with E-state index in [0.29, 0.717) is 24.3 Å². The van der Waals surface area contributed by atoms with Crippen molar-refractivity contribution in [3.8, 4) is 0 Å². The van der Waals surface area contributed by atoms with E-state index in [1.54, 1.807) is 18.2 Å². The van der Waals surface area contributed by atoms with E-state index < -0.39 is 19.7 Å². The number of sulfone groups is 2. The summed E-state index contributed by atoms with van der Waals surface area (Å²) in [6, 6.07) is 4.97. The van der Waals surface area contributed by atoms with Crippen molar-refractivity contribution in [2.24, 2.45) is 0 Å². The molecule has 0 saturated heterocycles. The third-order valence-corrected chi connectivity index (χ3v) is 5.26. The van der Waals surface area contributed by atoms with Crippen LogP contribution in [0.15, 0.2) is 23.1 Å². The van der Waals surface area contributed by atoms with E-state index in [2.05, 4.69) is 10.6 Å². The molecule has 1 heterocycles. The van der Waals surface area contributed by atoms with Crippen molar-refractivity contribution < 1.29 is 16.8 Å². The van der Waals surface area contributed by atoms with Gasteiger partial charge in [0.1, 0.15) is 9.84 Å². The molecule has 0 saturated carbocycles. The number of para-hydroxylation sites is 1. The number of hydrogen-bond acceptors (Lipinski definition) is 6. The summed E-state index contributed by atoms with van der Waals surface area (Å²) < 4.78 is 45.7. The molecule has 6 nitrogen and oxygen atoms in total. The second-order valence-corrected chi connectivity index (χ2v) is 9.34. The summed E-state index contributed by atoms with van der Waals surface area (Å²) in [4.78, 5) is 0.254. The number of anilines is 2. The van der Waals surface area contributed by atoms with E-state index in [4.69, 9.17) is 0 Å². The molecule has 0 radical (unpaired) electrons. The molecule has 1 unspecified atom stereocenters. The molecule has 0 aromatic heterocycles. The lowest BCUT2D eigenvalue weighted by atomic mass is 10.1. The first kappa shape index (κ1) is 15.1. The molecule has 112 valence electrons. The van der Waals surface area contributed by atoms with Gasteiger partial charge in [0.2, 0.25) is 0 Å². The van der Waals surface area contributed by atoms with Crippen LogP contribution in [0.2, 0.25) is 0 Å². The number of fused-ring (bicyclic) bond motifs is 1. The maximum absolute atomic E-state index is 11.7. The molecule has 2 rings (SSSR count). The first-order chi connectivity index (χ1) is 9.17. The molecule has 0 aliphatic carbocycles. The molecule has 1 aromatic rings. The van der Waals surface area contributed by atoms with Gasteiger partial charge in [-0.3, -0.25) is 0 Å². The van der Waals surface area contributed by atoms with Crippen molar-refractivity contribution in [3.05, 3.63) is 18.2 Å². The number of nitrogens with one attached hydrogen (secondary N) is 2. The summed E-state index contributed by atoms with van der Waals surface area (Å²) in [6.45, 7) is 0.495. The Bertz CT molecular complexity index is 711. The third kappa shape index (κ3) is 3.63. The van der Waals surface area contributed by atoms with E-state index in [1.165, 1.54) is 12.5 Å². The van der Waals surface area contributed by atoms with Crippen LogP contribution in [0.3, 0.4) is 0 Å². The molecule has 0 amide bonds. The van der Waals surface area contributed by atoms with Gasteiger partial charge in [0, 0.05) is 25.1 Å². The molecule has 1 aliphatic heterocycles. The zero-order chi connectivity index (χ0) is 15.0. The van der Waals surface area contributed by atoms with Gasteiger partial charge >= 0.3 is 0 Å². The molecule has 1 atom stereocenters. The second kappa shape index (κ2) is 5.25. The highest BCUT2D eigenvalue weighted by atomic mass is 32.2. The predicted molar refractivity (Wildman–Crippen MR) is 79.8 cm³/mol. The quantitative estimate of drug-likeness (QED) is 0.850. The second-order valence-electron chi connectivity index (χ2n) is 5.09. The van der Waals surface area contributed by atoms with Gasteiger partial charge in [-0.25, -0.2) is 16.8 Å². The van der Waals surface area contributed by atoms with Gasteiger partial charge in [-0.2, -0.15) is 0 Å². The molecule has 1 aliphatic rings. The average molecular weight is 318 g/mol. The van der Waals surface area contributed by atoms with Gasteiger partial charge in [-0.05, 0) is 18.6 Å². The fourth-order valence-corrected chi connectivity index (χ4v) is 3.76. The average Bonchev–Trinajstić information content (AvgIpc) is 2.33. The molecule has 0 bridgehead atoms. The van der Waals surface area contributed by atoms with Gasteiger partial charge in [-0.1, -0.05) is 6.07 Å². The smallest absolute Gasteiger partial charge is 0.177 e. The largest absolute Gasteiger partial charge is 0.380 e. The Morgan fingerprint density at radius 2 is 1.90 bits per heavy atom. The first-order valence-corrected chi connectivity index (χ1v) is 10.1. The van der Waals surface area contributed by atoms with Gasteiger partial charge in [0.05, 0.1) is 22.0 Å². The monoisotopic (exact) mass is 318 g/mol. The van der Waals surface area contributed by atoms with Crippen molar-refractivity contribution in [1.82, 2.24) is 0 Å². The normalized spacial score (nSPS) is 18.8. The van der Waals surface area contributed by atoms with E-state index in [1.807, 2.05) is 0 Å². The van der Waals surface area contributed by atoms with Crippen LogP contribution in [-0.4, -0.2) is 47.7 Å². The van der Waals surface area contributed by atoms with Crippen LogP contribution in [0.25, 0.3) is 0 Å². The van der Waals surface area contributed by atoms with Crippen LogP contribution in [0.1, 0.15) is 6.42 Å². The van der Waals surface area contributed by atoms with Crippen LogP contribution < -0.4 is 10.6 Å². The van der Waals surface area contributed by atoms with Crippen LogP contribution in [0.4, 0.5) is 11.4 Å². The zero-order valence-corrected chi connectivity index (χ0v) is 13.0. The molecule has 2 N–H and O–H groups in total. The van der Waals surface area contributed by atoms with Crippen molar-refractivity contribution in [1.29, 1.82) is 0 Å². The summed E-state index contributed by atoms with van der Waals surface area (Å²) in [5.74, 6) is 0.105. The Morgan fingerprint density at radius 1 is 1.20 bits per heavy atom. The summed E-state index contributed by atoms with van der Waals surface area (Å²) >= 11 is 0. The summed E-state index contributed by atoms with van der Waals surface area (Å²) in [7, 11) is -6.29. The lowest BCUT2D eigenvalue weighted by Gasteiger charge is -2.29. The van der Waals surface area contributed by atoms with Gasteiger partial charge in [0.15, 0.2) is 9.84 Å². The van der Waals surface area contributed by atoms with Crippen LogP contribution in [0, 0.1) is 0 Å². The highest BCUT2D eigenvalue weighted by Gasteiger charge is 2.23. The van der Waals surface area contributed by atoms with E-state index in [-0.39, 0.29) is 16.7 Å². The van der Waals surface area contributed by atoms with Gasteiger partial charge < -0.3 is 10.6 Å². The third-order valence-electron chi connectivity index (χ3n) is 3.15. The Kier molecular flexibility index (Phi) is 3.97. The number of rotatable bonds is 4. The van der Waals surface area contributed by atoms with E-state index >= 15 is 0 Å². The molecular weight excluding hydrogens is 300 g/mol. The Balaban J connectivity index is 2.20. The number of hydrogen-bond donors (Lipinski definition) is 2. The minimum absolute atomic E-state index is 0.0352. The van der Waals surface area contributed by atoms with Gasteiger partial charge in [-0.15, -0.1) is 0 Å². The molecule has 0 spiro atoms. The fourth-order valence-electron chi connectivity index (χ4n) is 2.17. The standard InChI is InChI=1S/C12H18N2O4S2/c1-19(15,16)7-6-9-8-13-12-10(14-9)4-3-5-11(12)20(2,17)18/h3-5,9,13-14H,6-8H2,1-2H3. The summed E-state index contributed by atoms with van der Waals surface area (Å²) in [6.07, 6.45) is 2.85. The van der Waals surface area contributed by atoms with Gasteiger partial charge in [0.25, 0.3) is 0 Å². The minimum atomic E-state index is -3.30. The number of benzene rings is 1. The first-order valence-electron chi connectivity index (χ1n) is 6.18. The highest BCUT2D eigenvalue weighted by Crippen LogP contribution is 2.33. The molecular formula is C12H18N2O4S2. The minimum Gasteiger partial charge on any atom is -0.380 e. The SMILES string of the molecule is CS(=O)(=O)CCC1CNc2c(cccc2S(C)(=O)=O)N1. The molecule has 1 aromatic carbocycles. The maximum atomic E-state index is 11.7. The van der Waals surface area contributed by atoms with Crippen molar-refractivity contribution in [2.75, 3.05) is 35.4 Å². The highest BCUT2D eigenvalue weighted by molar-refractivity contribution is 7.91. The van der Waals surface area contributed by atoms with Crippen LogP contribution in [0.5, 0.6) is 0 Å². The summed E-state index contributed by atoms with van der Waals surface area (Å²) in [5.41, 5.74) is 1.25. The van der Waals surface area contributed by atoms with Crippen molar-refractivity contribution in [3.63, 3.8) is 0 Å². The van der Waals surface area contributed by atoms with Crippen LogP contribution in [-0.2, 0) is 19.7 Å². The predicted octanol–water partition coefficient (Wildman–Crippen LogP) is 0.731. The Morgan fingerprint density at radius 3 is 2.50 bits per heavy atom. The van der Waals surface area contributed by atoms with Crippen LogP contribution >= 0.6 is 0 Å². The Labute approximate surface area is 119 Å². The van der Waals surface area contributed by atoms with E-state index in [9.17, 15) is 16.8 Å². The molecule has 20 heavy (non-hydrogen) atoms. The summed E-state index contributed by atoms with van der Waals surface area (Å²) in [5, 5.41) is 6.28. The molecule has 8 heteroatoms. The topological polar surface area (TPSA) is 92.3 Å².